The van der Waals surface area contributed by atoms with E-state index in [9.17, 15) is 4.79 Å². The van der Waals surface area contributed by atoms with Gasteiger partial charge < -0.3 is 4.90 Å². The Balaban J connectivity index is 2.17. The molecule has 2 heterocycles. The number of carbonyl (C=O) groups is 1. The molecule has 0 radical (unpaired) electrons. The summed E-state index contributed by atoms with van der Waals surface area (Å²) in [6.07, 6.45) is 5.11. The summed E-state index contributed by atoms with van der Waals surface area (Å²) in [4.78, 5) is 18.2. The average Bonchev–Trinajstić information content (AvgIpc) is 2.29. The summed E-state index contributed by atoms with van der Waals surface area (Å²) in [5, 5.41) is 0. The molecule has 0 bridgehead atoms. The molecule has 0 aromatic carbocycles. The monoisotopic (exact) mass is 282 g/mol. The zero-order chi connectivity index (χ0) is 11.5. The van der Waals surface area contributed by atoms with E-state index in [1.54, 1.807) is 18.3 Å². The first-order chi connectivity index (χ1) is 7.68. The normalized spacial score (nSPS) is 20.9. The highest BCUT2D eigenvalue weighted by Gasteiger charge is 2.24. The van der Waals surface area contributed by atoms with Gasteiger partial charge in [-0.25, -0.2) is 4.98 Å². The molecular weight excluding hydrogens is 268 g/mol. The molecule has 0 N–H and O–H groups in total. The van der Waals surface area contributed by atoms with E-state index in [0.717, 1.165) is 24.9 Å². The zero-order valence-corrected chi connectivity index (χ0v) is 10.9. The Kier molecular flexibility index (Phi) is 3.59. The third-order valence-electron chi connectivity index (χ3n) is 3.04. The van der Waals surface area contributed by atoms with Crippen LogP contribution in [-0.2, 0) is 0 Å². The van der Waals surface area contributed by atoms with E-state index in [0.29, 0.717) is 10.6 Å². The number of hydrogen-bond acceptors (Lipinski definition) is 2. The highest BCUT2D eigenvalue weighted by molar-refractivity contribution is 9.10. The molecule has 1 aromatic heterocycles. The smallest absolute Gasteiger partial charge is 0.254 e. The van der Waals surface area contributed by atoms with Crippen molar-refractivity contribution in [1.29, 1.82) is 0 Å². The number of halogens is 1. The van der Waals surface area contributed by atoms with Gasteiger partial charge in [0.05, 0.1) is 0 Å². The molecule has 1 saturated heterocycles. The summed E-state index contributed by atoms with van der Waals surface area (Å²) < 4.78 is 0.711. The molecule has 16 heavy (non-hydrogen) atoms. The molecule has 1 amide bonds. The molecular formula is C12H15BrN2O. The van der Waals surface area contributed by atoms with Crippen molar-refractivity contribution < 1.29 is 4.79 Å². The van der Waals surface area contributed by atoms with Crippen LogP contribution in [0.15, 0.2) is 22.9 Å². The summed E-state index contributed by atoms with van der Waals surface area (Å²) in [5.41, 5.74) is 0.718. The first-order valence-corrected chi connectivity index (χ1v) is 6.40. The molecule has 0 spiro atoms. The zero-order valence-electron chi connectivity index (χ0n) is 9.32. The highest BCUT2D eigenvalue weighted by Crippen LogP contribution is 2.19. The molecule has 4 heteroatoms. The van der Waals surface area contributed by atoms with E-state index in [1.165, 1.54) is 6.42 Å². The van der Waals surface area contributed by atoms with E-state index in [-0.39, 0.29) is 5.91 Å². The first-order valence-electron chi connectivity index (χ1n) is 5.61. The van der Waals surface area contributed by atoms with Gasteiger partial charge in [0.1, 0.15) is 4.60 Å². The molecule has 1 aliphatic rings. The van der Waals surface area contributed by atoms with Crippen molar-refractivity contribution in [2.24, 2.45) is 0 Å². The minimum absolute atomic E-state index is 0.121. The largest absolute Gasteiger partial charge is 0.336 e. The molecule has 2 rings (SSSR count). The Morgan fingerprint density at radius 2 is 2.38 bits per heavy atom. The second-order valence-corrected chi connectivity index (χ2v) is 5.02. The van der Waals surface area contributed by atoms with Gasteiger partial charge in [0.25, 0.3) is 5.91 Å². The number of amides is 1. The second-order valence-electron chi connectivity index (χ2n) is 4.21. The summed E-state index contributed by atoms with van der Waals surface area (Å²) in [6.45, 7) is 2.99. The molecule has 0 aliphatic carbocycles. The van der Waals surface area contributed by atoms with E-state index in [4.69, 9.17) is 0 Å². The van der Waals surface area contributed by atoms with Crippen LogP contribution in [0.3, 0.4) is 0 Å². The standard InChI is InChI=1S/C12H15BrN2O/c1-9-4-2-3-7-15(9)12(16)10-5-6-14-11(13)8-10/h5-6,8-9H,2-4,7H2,1H3. The lowest BCUT2D eigenvalue weighted by Gasteiger charge is -2.33. The summed E-state index contributed by atoms with van der Waals surface area (Å²) in [7, 11) is 0. The molecule has 86 valence electrons. The van der Waals surface area contributed by atoms with Crippen LogP contribution in [0.2, 0.25) is 0 Å². The SMILES string of the molecule is CC1CCCCN1C(=O)c1ccnc(Br)c1. The number of hydrogen-bond donors (Lipinski definition) is 0. The van der Waals surface area contributed by atoms with Crippen molar-refractivity contribution in [3.8, 4) is 0 Å². The van der Waals surface area contributed by atoms with E-state index in [1.807, 2.05) is 4.90 Å². The van der Waals surface area contributed by atoms with Crippen LogP contribution in [0.4, 0.5) is 0 Å². The maximum Gasteiger partial charge on any atom is 0.254 e. The van der Waals surface area contributed by atoms with Crippen molar-refractivity contribution in [1.82, 2.24) is 9.88 Å². The lowest BCUT2D eigenvalue weighted by Crippen LogP contribution is -2.42. The number of pyridine rings is 1. The van der Waals surface area contributed by atoms with Crippen LogP contribution in [0, 0.1) is 0 Å². The topological polar surface area (TPSA) is 33.2 Å². The quantitative estimate of drug-likeness (QED) is 0.742. The predicted molar refractivity (Wildman–Crippen MR) is 66.3 cm³/mol. The lowest BCUT2D eigenvalue weighted by molar-refractivity contribution is 0.0635. The van der Waals surface area contributed by atoms with Gasteiger partial charge in [-0.1, -0.05) is 0 Å². The van der Waals surface area contributed by atoms with Gasteiger partial charge in [0.2, 0.25) is 0 Å². The number of carbonyl (C=O) groups excluding carboxylic acids is 1. The summed E-state index contributed by atoms with van der Waals surface area (Å²) in [6, 6.07) is 3.91. The molecule has 3 nitrogen and oxygen atoms in total. The minimum Gasteiger partial charge on any atom is -0.336 e. The van der Waals surface area contributed by atoms with E-state index in [2.05, 4.69) is 27.8 Å². The van der Waals surface area contributed by atoms with E-state index >= 15 is 0 Å². The number of rotatable bonds is 1. The number of aromatic nitrogens is 1. The molecule has 1 atom stereocenters. The Hall–Kier alpha value is -0.900. The Morgan fingerprint density at radius 3 is 3.06 bits per heavy atom. The van der Waals surface area contributed by atoms with Gasteiger partial charge >= 0.3 is 0 Å². The van der Waals surface area contributed by atoms with Crippen molar-refractivity contribution >= 4 is 21.8 Å². The molecule has 1 aliphatic heterocycles. The third-order valence-corrected chi connectivity index (χ3v) is 3.47. The summed E-state index contributed by atoms with van der Waals surface area (Å²) in [5.74, 6) is 0.121. The van der Waals surface area contributed by atoms with Gasteiger partial charge in [-0.2, -0.15) is 0 Å². The number of piperidine rings is 1. The van der Waals surface area contributed by atoms with Gasteiger partial charge in [-0.15, -0.1) is 0 Å². The highest BCUT2D eigenvalue weighted by atomic mass is 79.9. The first kappa shape index (κ1) is 11.6. The Morgan fingerprint density at radius 1 is 1.56 bits per heavy atom. The fourth-order valence-corrected chi connectivity index (χ4v) is 2.47. The fraction of sp³-hybridized carbons (Fsp3) is 0.500. The van der Waals surface area contributed by atoms with Crippen molar-refractivity contribution in [2.45, 2.75) is 32.2 Å². The van der Waals surface area contributed by atoms with Gasteiger partial charge in [0.15, 0.2) is 0 Å². The molecule has 1 aromatic rings. The van der Waals surface area contributed by atoms with Gasteiger partial charge in [-0.05, 0) is 54.2 Å². The van der Waals surface area contributed by atoms with Crippen molar-refractivity contribution in [3.63, 3.8) is 0 Å². The number of likely N-dealkylation sites (tertiary alicyclic amines) is 1. The molecule has 0 saturated carbocycles. The number of nitrogens with zero attached hydrogens (tertiary/aromatic N) is 2. The lowest BCUT2D eigenvalue weighted by atomic mass is 10.0. The van der Waals surface area contributed by atoms with E-state index < -0.39 is 0 Å². The summed E-state index contributed by atoms with van der Waals surface area (Å²) >= 11 is 3.29. The average molecular weight is 283 g/mol. The maximum absolute atomic E-state index is 12.2. The predicted octanol–water partition coefficient (Wildman–Crippen LogP) is 2.86. The molecule has 1 fully saturated rings. The van der Waals surface area contributed by atoms with Crippen LogP contribution in [0.5, 0.6) is 0 Å². The second kappa shape index (κ2) is 4.95. The molecule has 1 unspecified atom stereocenters. The van der Waals surface area contributed by atoms with Crippen LogP contribution >= 0.6 is 15.9 Å². The minimum atomic E-state index is 0.121. The van der Waals surface area contributed by atoms with Gasteiger partial charge in [-0.3, -0.25) is 4.79 Å². The Bertz CT molecular complexity index is 394. The fourth-order valence-electron chi connectivity index (χ4n) is 2.10. The Labute approximate surface area is 104 Å². The third kappa shape index (κ3) is 2.43. The van der Waals surface area contributed by atoms with Gasteiger partial charge in [0, 0.05) is 24.3 Å². The van der Waals surface area contributed by atoms with Crippen molar-refractivity contribution in [2.75, 3.05) is 6.54 Å². The maximum atomic E-state index is 12.2. The van der Waals surface area contributed by atoms with Crippen LogP contribution < -0.4 is 0 Å². The van der Waals surface area contributed by atoms with Crippen LogP contribution in [-0.4, -0.2) is 28.4 Å². The van der Waals surface area contributed by atoms with Crippen molar-refractivity contribution in [3.05, 3.63) is 28.5 Å². The van der Waals surface area contributed by atoms with Crippen LogP contribution in [0.1, 0.15) is 36.5 Å². The van der Waals surface area contributed by atoms with Crippen LogP contribution in [0.25, 0.3) is 0 Å².